The summed E-state index contributed by atoms with van der Waals surface area (Å²) in [5.74, 6) is -0.904. The number of hydrogen-bond acceptors (Lipinski definition) is 10. The van der Waals surface area contributed by atoms with Gasteiger partial charge in [-0.15, -0.1) is 11.8 Å². The van der Waals surface area contributed by atoms with Crippen LogP contribution >= 0.6 is 11.8 Å². The highest BCUT2D eigenvalue weighted by Gasteiger charge is 2.47. The molecule has 0 spiro atoms. The number of pyridine rings is 1. The Morgan fingerprint density at radius 1 is 0.838 bits per heavy atom. The number of anilines is 1. The third-order valence-electron chi connectivity index (χ3n) is 6.19. The van der Waals surface area contributed by atoms with Gasteiger partial charge in [0.15, 0.2) is 23.7 Å². The van der Waals surface area contributed by atoms with Crippen molar-refractivity contribution in [3.8, 4) is 16.9 Å². The molecule has 2 aliphatic rings. The van der Waals surface area contributed by atoms with Gasteiger partial charge in [-0.05, 0) is 43.0 Å². The zero-order valence-corrected chi connectivity index (χ0v) is 22.1. The van der Waals surface area contributed by atoms with E-state index in [1.54, 1.807) is 12.4 Å². The highest BCUT2D eigenvalue weighted by atomic mass is 32.2. The normalized spacial score (nSPS) is 23.6. The molecule has 0 radical (unpaired) electrons. The van der Waals surface area contributed by atoms with Crippen molar-refractivity contribution < 1.29 is 33.3 Å². The van der Waals surface area contributed by atoms with Crippen molar-refractivity contribution in [1.82, 2.24) is 4.98 Å². The lowest BCUT2D eigenvalue weighted by atomic mass is 10.1. The molecule has 0 N–H and O–H groups in total. The number of aromatic nitrogens is 1. The van der Waals surface area contributed by atoms with Crippen molar-refractivity contribution in [3.63, 3.8) is 0 Å². The highest BCUT2D eigenvalue weighted by molar-refractivity contribution is 7.99. The van der Waals surface area contributed by atoms with Crippen molar-refractivity contribution in [2.45, 2.75) is 63.8 Å². The van der Waals surface area contributed by atoms with E-state index in [2.05, 4.69) is 34.1 Å². The van der Waals surface area contributed by atoms with E-state index in [1.165, 1.54) is 57.5 Å². The Kier molecular flexibility index (Phi) is 8.91. The Balaban J connectivity index is 1.52. The Morgan fingerprint density at radius 3 is 2.14 bits per heavy atom. The largest absolute Gasteiger partial charge is 0.474 e. The second-order valence-corrected chi connectivity index (χ2v) is 10.3. The maximum atomic E-state index is 11.9. The fourth-order valence-electron chi connectivity index (χ4n) is 4.60. The summed E-state index contributed by atoms with van der Waals surface area (Å²) in [5.41, 5.74) is 2.38. The summed E-state index contributed by atoms with van der Waals surface area (Å²) in [7, 11) is 0. The Hall–Kier alpha value is -3.27. The van der Waals surface area contributed by atoms with Crippen LogP contribution < -0.4 is 9.64 Å². The van der Waals surface area contributed by atoms with E-state index in [-0.39, 0.29) is 0 Å². The zero-order valence-electron chi connectivity index (χ0n) is 21.3. The minimum absolute atomic E-state index is 0.297. The van der Waals surface area contributed by atoms with Crippen LogP contribution in [0.5, 0.6) is 5.75 Å². The summed E-state index contributed by atoms with van der Waals surface area (Å²) >= 11 is 1.31. The molecule has 2 aliphatic heterocycles. The second kappa shape index (κ2) is 12.3. The quantitative estimate of drug-likeness (QED) is 0.387. The summed E-state index contributed by atoms with van der Waals surface area (Å²) in [6.07, 6.45) is 4.30. The van der Waals surface area contributed by atoms with E-state index in [0.29, 0.717) is 11.5 Å². The van der Waals surface area contributed by atoms with E-state index >= 15 is 0 Å². The molecular formula is C27H32N2O7S. The molecule has 1 aromatic carbocycles. The third-order valence-corrected chi connectivity index (χ3v) is 7.41. The number of carbonyl (C=O) groups is 3. The smallest absolute Gasteiger partial charge is 0.303 e. The molecule has 0 bridgehead atoms. The first-order valence-corrected chi connectivity index (χ1v) is 13.5. The molecule has 10 heteroatoms. The van der Waals surface area contributed by atoms with Gasteiger partial charge < -0.3 is 23.8 Å². The molecular weight excluding hydrogens is 496 g/mol. The maximum Gasteiger partial charge on any atom is 0.303 e. The highest BCUT2D eigenvalue weighted by Crippen LogP contribution is 2.35. The maximum absolute atomic E-state index is 11.9. The number of thioether (sulfide) groups is 1. The van der Waals surface area contributed by atoms with Crippen LogP contribution in [-0.2, 0) is 28.6 Å². The average molecular weight is 529 g/mol. The Bertz CT molecular complexity index is 1100. The van der Waals surface area contributed by atoms with Gasteiger partial charge in [-0.3, -0.25) is 19.4 Å². The number of carbonyl (C=O) groups excluding carboxylic acids is 3. The number of nitrogens with zero attached hydrogens (tertiary/aromatic N) is 2. The summed E-state index contributed by atoms with van der Waals surface area (Å²) in [4.78, 5) is 42.1. The first-order chi connectivity index (χ1) is 17.8. The topological polar surface area (TPSA) is 104 Å². The zero-order chi connectivity index (χ0) is 26.4. The van der Waals surface area contributed by atoms with Crippen molar-refractivity contribution in [3.05, 3.63) is 42.7 Å². The van der Waals surface area contributed by atoms with E-state index < -0.39 is 41.7 Å². The predicted molar refractivity (Wildman–Crippen MR) is 139 cm³/mol. The summed E-state index contributed by atoms with van der Waals surface area (Å²) in [6, 6.07) is 10.3. The molecule has 0 unspecified atom stereocenters. The lowest BCUT2D eigenvalue weighted by molar-refractivity contribution is -0.186. The van der Waals surface area contributed by atoms with Crippen LogP contribution in [0.4, 0.5) is 5.69 Å². The SMILES string of the molecule is CC(=O)O[C@@H]1[C@@H](OC(C)=O)[C@H](OC(C)=O)CS[C@H]1Oc1cncc(-c2ccc(N3CCCCC3)cc2)c1. The van der Waals surface area contributed by atoms with E-state index in [4.69, 9.17) is 18.9 Å². The second-order valence-electron chi connectivity index (χ2n) is 9.12. The first kappa shape index (κ1) is 26.8. The number of esters is 3. The molecule has 4 rings (SSSR count). The van der Waals surface area contributed by atoms with E-state index in [1.807, 2.05) is 6.07 Å². The fraction of sp³-hybridized carbons (Fsp3) is 0.481. The van der Waals surface area contributed by atoms with Crippen LogP contribution in [0.2, 0.25) is 0 Å². The molecule has 4 atom stereocenters. The summed E-state index contributed by atoms with van der Waals surface area (Å²) < 4.78 is 22.5. The number of ether oxygens (including phenoxy) is 4. The van der Waals surface area contributed by atoms with Gasteiger partial charge in [-0.2, -0.15) is 0 Å². The minimum Gasteiger partial charge on any atom is -0.474 e. The van der Waals surface area contributed by atoms with Gasteiger partial charge in [-0.25, -0.2) is 0 Å². The molecule has 0 saturated carbocycles. The first-order valence-electron chi connectivity index (χ1n) is 12.4. The van der Waals surface area contributed by atoms with Crippen molar-refractivity contribution in [1.29, 1.82) is 0 Å². The molecule has 37 heavy (non-hydrogen) atoms. The van der Waals surface area contributed by atoms with Crippen molar-refractivity contribution >= 4 is 35.4 Å². The monoisotopic (exact) mass is 528 g/mol. The van der Waals surface area contributed by atoms with Gasteiger partial charge in [0, 0.05) is 57.1 Å². The lowest BCUT2D eigenvalue weighted by Crippen LogP contribution is -2.55. The molecule has 0 amide bonds. The average Bonchev–Trinajstić information content (AvgIpc) is 2.87. The van der Waals surface area contributed by atoms with Crippen molar-refractivity contribution in [2.24, 2.45) is 0 Å². The minimum atomic E-state index is -1.00. The summed E-state index contributed by atoms with van der Waals surface area (Å²) in [6.45, 7) is 5.95. The molecule has 0 aliphatic carbocycles. The van der Waals surface area contributed by atoms with Crippen LogP contribution in [0.1, 0.15) is 40.0 Å². The molecule has 2 aromatic rings. The number of piperidine rings is 1. The number of rotatable bonds is 7. The summed E-state index contributed by atoms with van der Waals surface area (Å²) in [5, 5.41) is 0. The molecule has 198 valence electrons. The lowest BCUT2D eigenvalue weighted by Gasteiger charge is -2.39. The van der Waals surface area contributed by atoms with Gasteiger partial charge in [0.1, 0.15) is 5.75 Å². The Morgan fingerprint density at radius 2 is 1.49 bits per heavy atom. The Labute approximate surface area is 220 Å². The third kappa shape index (κ3) is 7.15. The van der Waals surface area contributed by atoms with Gasteiger partial charge in [-0.1, -0.05) is 12.1 Å². The molecule has 1 aromatic heterocycles. The van der Waals surface area contributed by atoms with Gasteiger partial charge in [0.05, 0.1) is 6.20 Å². The molecule has 2 fully saturated rings. The van der Waals surface area contributed by atoms with Gasteiger partial charge in [0.25, 0.3) is 0 Å². The van der Waals surface area contributed by atoms with Gasteiger partial charge in [0.2, 0.25) is 0 Å². The van der Waals surface area contributed by atoms with Crippen LogP contribution in [0, 0.1) is 0 Å². The number of hydrogen-bond donors (Lipinski definition) is 0. The van der Waals surface area contributed by atoms with E-state index in [9.17, 15) is 14.4 Å². The van der Waals surface area contributed by atoms with Gasteiger partial charge >= 0.3 is 17.9 Å². The predicted octanol–water partition coefficient (Wildman–Crippen LogP) is 3.99. The van der Waals surface area contributed by atoms with Crippen LogP contribution in [-0.4, -0.2) is 65.5 Å². The molecule has 3 heterocycles. The fourth-order valence-corrected chi connectivity index (χ4v) is 5.82. The standard InChI is InChI=1S/C27H32N2O7S/c1-17(30)33-24-16-37-27(26(35-19(3)32)25(24)34-18(2)31)36-23-13-21(14-28-15-23)20-7-9-22(10-8-20)29-11-5-4-6-12-29/h7-10,13-15,24-27H,4-6,11-12,16H2,1-3H3/t24-,25+,26-,27-/m1/s1. The van der Waals surface area contributed by atoms with Crippen molar-refractivity contribution in [2.75, 3.05) is 23.7 Å². The van der Waals surface area contributed by atoms with Crippen LogP contribution in [0.15, 0.2) is 42.7 Å². The molecule has 2 saturated heterocycles. The van der Waals surface area contributed by atoms with Crippen LogP contribution in [0.3, 0.4) is 0 Å². The van der Waals surface area contributed by atoms with Crippen LogP contribution in [0.25, 0.3) is 11.1 Å². The molecule has 9 nitrogen and oxygen atoms in total. The van der Waals surface area contributed by atoms with E-state index in [0.717, 1.165) is 24.2 Å². The number of benzene rings is 1.